The number of hydrogen-bond acceptors (Lipinski definition) is 5. The lowest BCUT2D eigenvalue weighted by Crippen LogP contribution is -2.29. The zero-order valence-corrected chi connectivity index (χ0v) is 12.3. The molecular weight excluding hydrogens is 242 g/mol. The maximum absolute atomic E-state index is 11.7. The average Bonchev–Trinajstić information content (AvgIpc) is 2.36. The Hall–Kier alpha value is -1.78. The maximum Gasteiger partial charge on any atom is 0.340 e. The van der Waals surface area contributed by atoms with E-state index < -0.39 is 5.97 Å². The van der Waals surface area contributed by atoms with Gasteiger partial charge in [-0.05, 0) is 17.4 Å². The standard InChI is InChI=1S/C14H23N3O2/c1-9(2)14(3,4)8-17-11-7-16-12(15)6-10(11)13(18)19-5/h6-7,9,17H,8H2,1-5H3,(H2,15,16). The Labute approximate surface area is 114 Å². The maximum atomic E-state index is 11.7. The van der Waals surface area contributed by atoms with Gasteiger partial charge in [-0.3, -0.25) is 0 Å². The molecule has 1 heterocycles. The monoisotopic (exact) mass is 265 g/mol. The molecule has 0 radical (unpaired) electrons. The number of anilines is 2. The molecule has 0 spiro atoms. The van der Waals surface area contributed by atoms with E-state index in [0.29, 0.717) is 23.0 Å². The number of hydrogen-bond donors (Lipinski definition) is 2. The number of methoxy groups -OCH3 is 1. The van der Waals surface area contributed by atoms with Crippen molar-refractivity contribution in [1.82, 2.24) is 4.98 Å². The molecule has 0 aliphatic rings. The Morgan fingerprint density at radius 2 is 2.16 bits per heavy atom. The highest BCUT2D eigenvalue weighted by Gasteiger charge is 2.23. The van der Waals surface area contributed by atoms with Crippen molar-refractivity contribution in [3.8, 4) is 0 Å². The number of nitrogens with one attached hydrogen (secondary N) is 1. The molecule has 3 N–H and O–H groups in total. The third-order valence-electron chi connectivity index (χ3n) is 3.63. The van der Waals surface area contributed by atoms with Gasteiger partial charge in [0.25, 0.3) is 0 Å². The van der Waals surface area contributed by atoms with Crippen LogP contribution in [0.5, 0.6) is 0 Å². The van der Waals surface area contributed by atoms with Crippen molar-refractivity contribution in [2.24, 2.45) is 11.3 Å². The average molecular weight is 265 g/mol. The fraction of sp³-hybridized carbons (Fsp3) is 0.571. The molecule has 1 rings (SSSR count). The molecule has 19 heavy (non-hydrogen) atoms. The molecule has 0 amide bonds. The van der Waals surface area contributed by atoms with Crippen LogP contribution in [0.3, 0.4) is 0 Å². The largest absolute Gasteiger partial charge is 0.465 e. The molecule has 1 aromatic rings. The Kier molecular flexibility index (Phi) is 4.75. The van der Waals surface area contributed by atoms with E-state index in [2.05, 4.69) is 38.0 Å². The number of nitrogens with two attached hydrogens (primary N) is 1. The molecule has 5 nitrogen and oxygen atoms in total. The van der Waals surface area contributed by atoms with Crippen molar-refractivity contribution in [3.63, 3.8) is 0 Å². The number of ether oxygens (including phenoxy) is 1. The second-order valence-corrected chi connectivity index (χ2v) is 5.64. The van der Waals surface area contributed by atoms with E-state index in [-0.39, 0.29) is 5.41 Å². The van der Waals surface area contributed by atoms with Gasteiger partial charge in [0.1, 0.15) is 5.82 Å². The van der Waals surface area contributed by atoms with Crippen molar-refractivity contribution >= 4 is 17.5 Å². The molecule has 0 fully saturated rings. The van der Waals surface area contributed by atoms with Gasteiger partial charge in [0.05, 0.1) is 24.6 Å². The summed E-state index contributed by atoms with van der Waals surface area (Å²) in [5.74, 6) is 0.399. The van der Waals surface area contributed by atoms with Gasteiger partial charge in [0.2, 0.25) is 0 Å². The van der Waals surface area contributed by atoms with E-state index in [1.165, 1.54) is 13.2 Å². The molecule has 0 unspecified atom stereocenters. The quantitative estimate of drug-likeness (QED) is 0.800. The first-order valence-electron chi connectivity index (χ1n) is 6.35. The molecular formula is C14H23N3O2. The zero-order chi connectivity index (χ0) is 14.6. The fourth-order valence-corrected chi connectivity index (χ4v) is 1.42. The van der Waals surface area contributed by atoms with Crippen molar-refractivity contribution < 1.29 is 9.53 Å². The summed E-state index contributed by atoms with van der Waals surface area (Å²) in [7, 11) is 1.35. The molecule has 0 aliphatic heterocycles. The molecule has 0 aliphatic carbocycles. The molecule has 0 aromatic carbocycles. The van der Waals surface area contributed by atoms with Gasteiger partial charge in [-0.1, -0.05) is 27.7 Å². The second kappa shape index (κ2) is 5.91. The Morgan fingerprint density at radius 1 is 1.53 bits per heavy atom. The van der Waals surface area contributed by atoms with E-state index in [4.69, 9.17) is 10.5 Å². The predicted octanol–water partition coefficient (Wildman–Crippen LogP) is 2.54. The first kappa shape index (κ1) is 15.3. The molecule has 0 saturated heterocycles. The number of rotatable bonds is 5. The first-order valence-corrected chi connectivity index (χ1v) is 6.35. The van der Waals surface area contributed by atoms with Crippen LogP contribution in [0.15, 0.2) is 12.3 Å². The highest BCUT2D eigenvalue weighted by Crippen LogP contribution is 2.27. The van der Waals surface area contributed by atoms with Crippen molar-refractivity contribution in [1.29, 1.82) is 0 Å². The highest BCUT2D eigenvalue weighted by atomic mass is 16.5. The van der Waals surface area contributed by atoms with Crippen LogP contribution in [0, 0.1) is 11.3 Å². The van der Waals surface area contributed by atoms with Crippen LogP contribution in [0.4, 0.5) is 11.5 Å². The number of aromatic nitrogens is 1. The summed E-state index contributed by atoms with van der Waals surface area (Å²) in [5.41, 5.74) is 6.77. The lowest BCUT2D eigenvalue weighted by molar-refractivity contribution is 0.0601. The third-order valence-corrected chi connectivity index (χ3v) is 3.63. The van der Waals surface area contributed by atoms with Crippen LogP contribution < -0.4 is 11.1 Å². The minimum Gasteiger partial charge on any atom is -0.465 e. The molecule has 0 bridgehead atoms. The van der Waals surface area contributed by atoms with Gasteiger partial charge < -0.3 is 15.8 Å². The summed E-state index contributed by atoms with van der Waals surface area (Å²) in [5, 5.41) is 3.26. The second-order valence-electron chi connectivity index (χ2n) is 5.64. The number of esters is 1. The van der Waals surface area contributed by atoms with Gasteiger partial charge in [-0.2, -0.15) is 0 Å². The predicted molar refractivity (Wildman–Crippen MR) is 77.1 cm³/mol. The number of nitrogen functional groups attached to an aromatic ring is 1. The lowest BCUT2D eigenvalue weighted by Gasteiger charge is -2.30. The summed E-state index contributed by atoms with van der Waals surface area (Å²) in [6, 6.07) is 1.52. The normalized spacial score (nSPS) is 11.5. The molecule has 5 heteroatoms. The van der Waals surface area contributed by atoms with Gasteiger partial charge in [0, 0.05) is 6.54 Å². The van der Waals surface area contributed by atoms with Crippen molar-refractivity contribution in [2.45, 2.75) is 27.7 Å². The summed E-state index contributed by atoms with van der Waals surface area (Å²) in [4.78, 5) is 15.7. The third kappa shape index (κ3) is 3.84. The van der Waals surface area contributed by atoms with Crippen LogP contribution in [0.1, 0.15) is 38.1 Å². The molecule has 1 aromatic heterocycles. The van der Waals surface area contributed by atoms with Gasteiger partial charge >= 0.3 is 5.97 Å². The van der Waals surface area contributed by atoms with E-state index >= 15 is 0 Å². The SMILES string of the molecule is COC(=O)c1cc(N)ncc1NCC(C)(C)C(C)C. The van der Waals surface area contributed by atoms with Crippen LogP contribution in [0.25, 0.3) is 0 Å². The number of carbonyl (C=O) groups is 1. The van der Waals surface area contributed by atoms with Gasteiger partial charge in [-0.25, -0.2) is 9.78 Å². The summed E-state index contributed by atoms with van der Waals surface area (Å²) < 4.78 is 4.75. The van der Waals surface area contributed by atoms with Crippen LogP contribution in [-0.2, 0) is 4.74 Å². The first-order chi connectivity index (χ1) is 8.77. The summed E-state index contributed by atoms with van der Waals surface area (Å²) >= 11 is 0. The number of carbonyl (C=O) groups excluding carboxylic acids is 1. The van der Waals surface area contributed by atoms with E-state index in [9.17, 15) is 4.79 Å². The number of pyridine rings is 1. The van der Waals surface area contributed by atoms with Crippen molar-refractivity contribution in [3.05, 3.63) is 17.8 Å². The van der Waals surface area contributed by atoms with Crippen LogP contribution in [0.2, 0.25) is 0 Å². The Morgan fingerprint density at radius 3 is 2.68 bits per heavy atom. The summed E-state index contributed by atoms with van der Waals surface area (Å²) in [6.45, 7) is 9.43. The van der Waals surface area contributed by atoms with Crippen LogP contribution in [-0.4, -0.2) is 24.6 Å². The number of nitrogens with zero attached hydrogens (tertiary/aromatic N) is 1. The zero-order valence-electron chi connectivity index (χ0n) is 12.3. The topological polar surface area (TPSA) is 77.2 Å². The smallest absolute Gasteiger partial charge is 0.340 e. The molecule has 0 atom stereocenters. The Balaban J connectivity index is 2.92. The van der Waals surface area contributed by atoms with E-state index in [0.717, 1.165) is 6.54 Å². The van der Waals surface area contributed by atoms with Gasteiger partial charge in [0.15, 0.2) is 0 Å². The minimum atomic E-state index is -0.418. The minimum absolute atomic E-state index is 0.106. The highest BCUT2D eigenvalue weighted by molar-refractivity contribution is 5.96. The van der Waals surface area contributed by atoms with Crippen molar-refractivity contribution in [2.75, 3.05) is 24.7 Å². The Bertz CT molecular complexity index is 456. The fourth-order valence-electron chi connectivity index (χ4n) is 1.42. The van der Waals surface area contributed by atoms with Gasteiger partial charge in [-0.15, -0.1) is 0 Å². The van der Waals surface area contributed by atoms with E-state index in [1.807, 2.05) is 0 Å². The summed E-state index contributed by atoms with van der Waals surface area (Å²) in [6.07, 6.45) is 1.57. The molecule has 106 valence electrons. The van der Waals surface area contributed by atoms with E-state index in [1.54, 1.807) is 6.20 Å². The lowest BCUT2D eigenvalue weighted by atomic mass is 9.81. The van der Waals surface area contributed by atoms with Crippen LogP contribution >= 0.6 is 0 Å². The molecule has 0 saturated carbocycles.